The Morgan fingerprint density at radius 3 is 3.07 bits per heavy atom. The average molecular weight is 381 g/mol. The summed E-state index contributed by atoms with van der Waals surface area (Å²) in [6.45, 7) is 2.79. The number of anilines is 1. The lowest BCUT2D eigenvalue weighted by Crippen LogP contribution is -2.36. The standard InChI is InChI=1S/C21H20FN3OS/c1-13-4-2-5-14(10-13)19(26)25-12-21(25)9-3-6-18(21)24-20-23-16-8-7-15(22)11-17(16)27-20/h2,4-5,7-8,10-11,18H,3,6,9,12H2,1H3,(H,23,24). The summed E-state index contributed by atoms with van der Waals surface area (Å²) in [5, 5.41) is 4.34. The molecule has 2 heterocycles. The molecule has 1 saturated carbocycles. The number of hydrogen-bond donors (Lipinski definition) is 1. The van der Waals surface area contributed by atoms with E-state index in [2.05, 4.69) is 10.3 Å². The van der Waals surface area contributed by atoms with E-state index in [0.29, 0.717) is 0 Å². The summed E-state index contributed by atoms with van der Waals surface area (Å²) in [5.74, 6) is -0.133. The van der Waals surface area contributed by atoms with Crippen molar-refractivity contribution in [1.29, 1.82) is 0 Å². The van der Waals surface area contributed by atoms with Gasteiger partial charge in [-0.1, -0.05) is 29.0 Å². The predicted molar refractivity (Wildman–Crippen MR) is 106 cm³/mol. The van der Waals surface area contributed by atoms with E-state index in [4.69, 9.17) is 0 Å². The number of amides is 1. The maximum absolute atomic E-state index is 13.4. The molecule has 0 bridgehead atoms. The monoisotopic (exact) mass is 381 g/mol. The molecule has 3 aromatic rings. The Kier molecular flexibility index (Phi) is 3.72. The molecule has 0 radical (unpaired) electrons. The quantitative estimate of drug-likeness (QED) is 0.674. The molecule has 2 unspecified atom stereocenters. The summed E-state index contributed by atoms with van der Waals surface area (Å²) >= 11 is 1.47. The van der Waals surface area contributed by atoms with E-state index < -0.39 is 0 Å². The third kappa shape index (κ3) is 2.79. The van der Waals surface area contributed by atoms with Crippen molar-refractivity contribution >= 4 is 32.6 Å². The van der Waals surface area contributed by atoms with Gasteiger partial charge in [-0.05, 0) is 56.5 Å². The molecule has 1 aliphatic carbocycles. The number of nitrogens with zero attached hydrogens (tertiary/aromatic N) is 2. The number of aryl methyl sites for hydroxylation is 1. The third-order valence-corrected chi connectivity index (χ3v) is 6.72. The van der Waals surface area contributed by atoms with Crippen LogP contribution in [0.5, 0.6) is 0 Å². The second kappa shape index (κ2) is 6.02. The van der Waals surface area contributed by atoms with Crippen molar-refractivity contribution in [2.24, 2.45) is 0 Å². The normalized spacial score (nSPS) is 23.9. The topological polar surface area (TPSA) is 45.0 Å². The number of carbonyl (C=O) groups excluding carboxylic acids is 1. The van der Waals surface area contributed by atoms with E-state index in [1.54, 1.807) is 6.07 Å². The van der Waals surface area contributed by atoms with Crippen molar-refractivity contribution in [2.45, 2.75) is 37.8 Å². The van der Waals surface area contributed by atoms with Crippen LogP contribution in [0.3, 0.4) is 0 Å². The molecule has 1 aromatic heterocycles. The van der Waals surface area contributed by atoms with Gasteiger partial charge in [-0.15, -0.1) is 0 Å². The minimum atomic E-state index is -0.243. The van der Waals surface area contributed by atoms with Gasteiger partial charge in [-0.3, -0.25) is 4.79 Å². The van der Waals surface area contributed by atoms with Gasteiger partial charge in [0.15, 0.2) is 5.13 Å². The zero-order valence-corrected chi connectivity index (χ0v) is 15.9. The zero-order chi connectivity index (χ0) is 18.6. The smallest absolute Gasteiger partial charge is 0.254 e. The zero-order valence-electron chi connectivity index (χ0n) is 15.0. The molecular weight excluding hydrogens is 361 g/mol. The lowest BCUT2D eigenvalue weighted by Gasteiger charge is -2.21. The number of fused-ring (bicyclic) bond motifs is 1. The van der Waals surface area contributed by atoms with Gasteiger partial charge in [0, 0.05) is 12.1 Å². The van der Waals surface area contributed by atoms with E-state index >= 15 is 0 Å². The van der Waals surface area contributed by atoms with Crippen molar-refractivity contribution < 1.29 is 9.18 Å². The van der Waals surface area contributed by atoms with E-state index in [1.807, 2.05) is 36.1 Å². The first-order chi connectivity index (χ1) is 13.0. The number of benzene rings is 2. The lowest BCUT2D eigenvalue weighted by molar-refractivity contribution is 0.0852. The van der Waals surface area contributed by atoms with Crippen LogP contribution in [0.4, 0.5) is 9.52 Å². The highest BCUT2D eigenvalue weighted by Crippen LogP contribution is 2.49. The minimum Gasteiger partial charge on any atom is -0.356 e. The van der Waals surface area contributed by atoms with Gasteiger partial charge in [-0.2, -0.15) is 0 Å². The van der Waals surface area contributed by atoms with Gasteiger partial charge in [0.1, 0.15) is 5.82 Å². The number of carbonyl (C=O) groups is 1. The molecule has 27 heavy (non-hydrogen) atoms. The van der Waals surface area contributed by atoms with Gasteiger partial charge in [0.05, 0.1) is 21.8 Å². The van der Waals surface area contributed by atoms with Crippen molar-refractivity contribution in [3.63, 3.8) is 0 Å². The van der Waals surface area contributed by atoms with Crippen molar-refractivity contribution in [1.82, 2.24) is 9.88 Å². The molecule has 1 saturated heterocycles. The van der Waals surface area contributed by atoms with Gasteiger partial charge in [0.25, 0.3) is 5.91 Å². The highest BCUT2D eigenvalue weighted by molar-refractivity contribution is 7.22. The minimum absolute atomic E-state index is 0.107. The first-order valence-corrected chi connectivity index (χ1v) is 10.1. The van der Waals surface area contributed by atoms with Crippen LogP contribution in [0.1, 0.15) is 35.2 Å². The summed E-state index contributed by atoms with van der Waals surface area (Å²) in [6, 6.07) is 12.6. The van der Waals surface area contributed by atoms with Gasteiger partial charge < -0.3 is 10.2 Å². The average Bonchev–Trinajstić information content (AvgIpc) is 3.02. The van der Waals surface area contributed by atoms with Crippen molar-refractivity contribution in [3.05, 3.63) is 59.4 Å². The Morgan fingerprint density at radius 2 is 2.22 bits per heavy atom. The summed E-state index contributed by atoms with van der Waals surface area (Å²) in [4.78, 5) is 19.5. The second-order valence-corrected chi connectivity index (χ2v) is 8.62. The molecule has 2 aliphatic rings. The molecule has 138 valence electrons. The largest absolute Gasteiger partial charge is 0.356 e. The Balaban J connectivity index is 1.37. The maximum Gasteiger partial charge on any atom is 0.254 e. The van der Waals surface area contributed by atoms with Gasteiger partial charge in [0.2, 0.25) is 0 Å². The number of hydrogen-bond acceptors (Lipinski definition) is 4. The summed E-state index contributed by atoms with van der Waals surface area (Å²) in [7, 11) is 0. The van der Waals surface area contributed by atoms with Crippen LogP contribution < -0.4 is 5.32 Å². The first kappa shape index (κ1) is 16.7. The SMILES string of the molecule is Cc1cccc(C(=O)N2CC23CCCC3Nc2nc3ccc(F)cc3s2)c1. The lowest BCUT2D eigenvalue weighted by atomic mass is 10.0. The number of aromatic nitrogens is 1. The van der Waals surface area contributed by atoms with Crippen molar-refractivity contribution in [2.75, 3.05) is 11.9 Å². The highest BCUT2D eigenvalue weighted by atomic mass is 32.1. The summed E-state index contributed by atoms with van der Waals surface area (Å²) in [5.41, 5.74) is 2.55. The van der Waals surface area contributed by atoms with Crippen LogP contribution in [0.15, 0.2) is 42.5 Å². The van der Waals surface area contributed by atoms with E-state index in [1.165, 1.54) is 23.5 Å². The first-order valence-electron chi connectivity index (χ1n) is 9.26. The maximum atomic E-state index is 13.4. The Labute approximate surface area is 161 Å². The predicted octanol–water partition coefficient (Wildman–Crippen LogP) is 4.60. The molecule has 1 amide bonds. The van der Waals surface area contributed by atoms with Crippen LogP contribution >= 0.6 is 11.3 Å². The summed E-state index contributed by atoms with van der Waals surface area (Å²) in [6.07, 6.45) is 3.12. The molecule has 1 N–H and O–H groups in total. The van der Waals surface area contributed by atoms with Crippen LogP contribution in [-0.2, 0) is 0 Å². The molecule has 2 atom stereocenters. The molecule has 1 aliphatic heterocycles. The van der Waals surface area contributed by atoms with Crippen molar-refractivity contribution in [3.8, 4) is 0 Å². The van der Waals surface area contributed by atoms with Crippen LogP contribution in [0, 0.1) is 12.7 Å². The number of nitrogens with one attached hydrogen (secondary N) is 1. The Morgan fingerprint density at radius 1 is 1.33 bits per heavy atom. The summed E-state index contributed by atoms with van der Waals surface area (Å²) < 4.78 is 14.3. The van der Waals surface area contributed by atoms with E-state index in [-0.39, 0.29) is 23.3 Å². The molecular formula is C21H20FN3OS. The molecule has 4 nitrogen and oxygen atoms in total. The molecule has 2 fully saturated rings. The fourth-order valence-electron chi connectivity index (χ4n) is 4.33. The molecule has 2 aromatic carbocycles. The Hall–Kier alpha value is -2.47. The van der Waals surface area contributed by atoms with Gasteiger partial charge in [-0.25, -0.2) is 9.37 Å². The number of thiazole rings is 1. The molecule has 1 spiro atoms. The fraction of sp³-hybridized carbons (Fsp3) is 0.333. The Bertz CT molecular complexity index is 1050. The molecule has 6 heteroatoms. The fourth-order valence-corrected chi connectivity index (χ4v) is 5.27. The highest BCUT2D eigenvalue weighted by Gasteiger charge is 2.61. The number of rotatable bonds is 3. The van der Waals surface area contributed by atoms with Crippen LogP contribution in [0.2, 0.25) is 0 Å². The molecule has 5 rings (SSSR count). The van der Waals surface area contributed by atoms with Gasteiger partial charge >= 0.3 is 0 Å². The number of halogens is 1. The van der Waals surface area contributed by atoms with Crippen LogP contribution in [0.25, 0.3) is 10.2 Å². The van der Waals surface area contributed by atoms with E-state index in [0.717, 1.165) is 52.3 Å². The van der Waals surface area contributed by atoms with E-state index in [9.17, 15) is 9.18 Å². The third-order valence-electron chi connectivity index (χ3n) is 5.78. The van der Waals surface area contributed by atoms with Crippen LogP contribution in [-0.4, -0.2) is 33.9 Å². The second-order valence-electron chi connectivity index (χ2n) is 7.58.